The lowest BCUT2D eigenvalue weighted by atomic mass is 10.2. The molecule has 0 radical (unpaired) electrons. The van der Waals surface area contributed by atoms with Crippen LogP contribution in [-0.2, 0) is 0 Å². The van der Waals surface area contributed by atoms with Gasteiger partial charge in [-0.2, -0.15) is 0 Å². The van der Waals surface area contributed by atoms with Gasteiger partial charge < -0.3 is 10.4 Å². The first kappa shape index (κ1) is 10.7. The molecular formula is C9H9BrN2O2. The van der Waals surface area contributed by atoms with E-state index in [0.717, 1.165) is 4.48 Å². The number of aromatic nitrogens is 1. The predicted molar refractivity (Wildman–Crippen MR) is 57.8 cm³/mol. The molecule has 0 aliphatic rings. The van der Waals surface area contributed by atoms with Gasteiger partial charge in [-0.1, -0.05) is 22.5 Å². The van der Waals surface area contributed by atoms with E-state index in [0.29, 0.717) is 12.2 Å². The Labute approximate surface area is 89.8 Å². The molecule has 1 aromatic heterocycles. The predicted octanol–water partition coefficient (Wildman–Crippen LogP) is 2.10. The molecule has 1 aromatic rings. The van der Waals surface area contributed by atoms with Crippen molar-refractivity contribution in [3.05, 3.63) is 35.1 Å². The van der Waals surface area contributed by atoms with Gasteiger partial charge in [-0.15, -0.1) is 0 Å². The summed E-state index contributed by atoms with van der Waals surface area (Å²) < 4.78 is 0.748. The van der Waals surface area contributed by atoms with Crippen molar-refractivity contribution in [2.45, 2.75) is 0 Å². The van der Waals surface area contributed by atoms with Crippen LogP contribution in [0.3, 0.4) is 0 Å². The SMILES string of the molecule is C=C(Br)CNc1cnccc1C(=O)O. The van der Waals surface area contributed by atoms with Crippen LogP contribution < -0.4 is 5.32 Å². The van der Waals surface area contributed by atoms with E-state index in [9.17, 15) is 4.79 Å². The highest BCUT2D eigenvalue weighted by molar-refractivity contribution is 9.11. The van der Waals surface area contributed by atoms with Gasteiger partial charge in [0.05, 0.1) is 17.4 Å². The van der Waals surface area contributed by atoms with Crippen LogP contribution in [0, 0.1) is 0 Å². The Morgan fingerprint density at radius 1 is 1.71 bits per heavy atom. The number of halogens is 1. The Balaban J connectivity index is 2.84. The average Bonchev–Trinajstić information content (AvgIpc) is 2.15. The van der Waals surface area contributed by atoms with Crippen LogP contribution in [0.4, 0.5) is 5.69 Å². The van der Waals surface area contributed by atoms with Crippen molar-refractivity contribution in [2.75, 3.05) is 11.9 Å². The van der Waals surface area contributed by atoms with E-state index in [1.807, 2.05) is 0 Å². The molecular weight excluding hydrogens is 248 g/mol. The summed E-state index contributed by atoms with van der Waals surface area (Å²) in [7, 11) is 0. The molecule has 2 N–H and O–H groups in total. The summed E-state index contributed by atoms with van der Waals surface area (Å²) >= 11 is 3.17. The summed E-state index contributed by atoms with van der Waals surface area (Å²) in [4.78, 5) is 14.6. The number of pyridine rings is 1. The summed E-state index contributed by atoms with van der Waals surface area (Å²) in [6, 6.07) is 1.45. The number of rotatable bonds is 4. The quantitative estimate of drug-likeness (QED) is 0.867. The number of aromatic carboxylic acids is 1. The van der Waals surface area contributed by atoms with Crippen LogP contribution in [-0.4, -0.2) is 22.6 Å². The molecule has 0 unspecified atom stereocenters. The number of anilines is 1. The van der Waals surface area contributed by atoms with Crippen LogP contribution in [0.15, 0.2) is 29.5 Å². The van der Waals surface area contributed by atoms with Gasteiger partial charge in [0.15, 0.2) is 0 Å². The van der Waals surface area contributed by atoms with E-state index >= 15 is 0 Å². The van der Waals surface area contributed by atoms with Gasteiger partial charge in [-0.3, -0.25) is 4.98 Å². The van der Waals surface area contributed by atoms with Gasteiger partial charge >= 0.3 is 5.97 Å². The molecule has 1 heterocycles. The van der Waals surface area contributed by atoms with E-state index in [1.54, 1.807) is 0 Å². The largest absolute Gasteiger partial charge is 0.478 e. The Morgan fingerprint density at radius 2 is 2.43 bits per heavy atom. The molecule has 0 fully saturated rings. The van der Waals surface area contributed by atoms with Gasteiger partial charge in [-0.05, 0) is 6.07 Å². The maximum absolute atomic E-state index is 10.8. The topological polar surface area (TPSA) is 62.2 Å². The Kier molecular flexibility index (Phi) is 3.64. The fourth-order valence-corrected chi connectivity index (χ4v) is 1.05. The zero-order chi connectivity index (χ0) is 10.6. The highest BCUT2D eigenvalue weighted by atomic mass is 79.9. The highest BCUT2D eigenvalue weighted by Crippen LogP contribution is 2.14. The summed E-state index contributed by atoms with van der Waals surface area (Å²) in [5.74, 6) is -0.977. The molecule has 0 aliphatic heterocycles. The number of carbonyl (C=O) groups is 1. The third-order valence-electron chi connectivity index (χ3n) is 1.52. The minimum absolute atomic E-state index is 0.203. The molecule has 0 aromatic carbocycles. The zero-order valence-corrected chi connectivity index (χ0v) is 8.91. The van der Waals surface area contributed by atoms with E-state index in [1.165, 1.54) is 18.5 Å². The third kappa shape index (κ3) is 2.85. The molecule has 0 atom stereocenters. The second-order valence-electron chi connectivity index (χ2n) is 2.60. The lowest BCUT2D eigenvalue weighted by Crippen LogP contribution is -2.07. The lowest BCUT2D eigenvalue weighted by Gasteiger charge is -2.07. The molecule has 1 rings (SSSR count). The second kappa shape index (κ2) is 4.76. The fourth-order valence-electron chi connectivity index (χ4n) is 0.913. The molecule has 74 valence electrons. The van der Waals surface area contributed by atoms with Gasteiger partial charge in [0.25, 0.3) is 0 Å². The first-order valence-corrected chi connectivity index (χ1v) is 4.65. The molecule has 0 saturated heterocycles. The minimum atomic E-state index is -0.977. The van der Waals surface area contributed by atoms with Crippen LogP contribution >= 0.6 is 15.9 Å². The van der Waals surface area contributed by atoms with E-state index in [2.05, 4.69) is 32.8 Å². The van der Waals surface area contributed by atoms with Crippen molar-refractivity contribution in [1.82, 2.24) is 4.98 Å². The van der Waals surface area contributed by atoms with E-state index in [4.69, 9.17) is 5.11 Å². The molecule has 0 bridgehead atoms. The molecule has 0 aliphatic carbocycles. The van der Waals surface area contributed by atoms with Crippen molar-refractivity contribution in [2.24, 2.45) is 0 Å². The van der Waals surface area contributed by atoms with E-state index < -0.39 is 5.97 Å². The van der Waals surface area contributed by atoms with Crippen molar-refractivity contribution < 1.29 is 9.90 Å². The van der Waals surface area contributed by atoms with Crippen LogP contribution in [0.1, 0.15) is 10.4 Å². The molecule has 5 heteroatoms. The maximum Gasteiger partial charge on any atom is 0.337 e. The molecule has 0 spiro atoms. The van der Waals surface area contributed by atoms with Crippen LogP contribution in [0.2, 0.25) is 0 Å². The monoisotopic (exact) mass is 256 g/mol. The fraction of sp³-hybridized carbons (Fsp3) is 0.111. The Morgan fingerprint density at radius 3 is 3.00 bits per heavy atom. The second-order valence-corrected chi connectivity index (χ2v) is 3.72. The molecule has 4 nitrogen and oxygen atoms in total. The smallest absolute Gasteiger partial charge is 0.337 e. The summed E-state index contributed by atoms with van der Waals surface area (Å²) in [5.41, 5.74) is 0.689. The number of nitrogens with one attached hydrogen (secondary N) is 1. The molecule has 14 heavy (non-hydrogen) atoms. The Bertz CT molecular complexity index is 366. The van der Waals surface area contributed by atoms with Gasteiger partial charge in [0, 0.05) is 17.2 Å². The third-order valence-corrected chi connectivity index (χ3v) is 1.80. The van der Waals surface area contributed by atoms with Crippen molar-refractivity contribution in [3.8, 4) is 0 Å². The Hall–Kier alpha value is -1.36. The standard InChI is InChI=1S/C9H9BrN2O2/c1-6(10)4-12-8-5-11-3-2-7(8)9(13)14/h2-3,5,12H,1,4H2,(H,13,14). The molecule has 0 saturated carbocycles. The normalized spacial score (nSPS) is 9.50. The minimum Gasteiger partial charge on any atom is -0.478 e. The first-order chi connectivity index (χ1) is 6.61. The summed E-state index contributed by atoms with van der Waals surface area (Å²) in [5, 5.41) is 11.7. The average molecular weight is 257 g/mol. The highest BCUT2D eigenvalue weighted by Gasteiger charge is 2.08. The van der Waals surface area contributed by atoms with Crippen LogP contribution in [0.5, 0.6) is 0 Å². The molecule has 0 amide bonds. The van der Waals surface area contributed by atoms with Gasteiger partial charge in [0.1, 0.15) is 0 Å². The number of hydrogen-bond donors (Lipinski definition) is 2. The van der Waals surface area contributed by atoms with Crippen LogP contribution in [0.25, 0.3) is 0 Å². The van der Waals surface area contributed by atoms with E-state index in [-0.39, 0.29) is 5.56 Å². The summed E-state index contributed by atoms with van der Waals surface area (Å²) in [6.07, 6.45) is 2.91. The van der Waals surface area contributed by atoms with Crippen molar-refractivity contribution >= 4 is 27.6 Å². The summed E-state index contributed by atoms with van der Waals surface area (Å²) in [6.45, 7) is 4.10. The number of carboxylic acid groups (broad SMARTS) is 1. The van der Waals surface area contributed by atoms with Crippen molar-refractivity contribution in [1.29, 1.82) is 0 Å². The maximum atomic E-state index is 10.8. The van der Waals surface area contributed by atoms with Crippen molar-refractivity contribution in [3.63, 3.8) is 0 Å². The number of nitrogens with zero attached hydrogens (tertiary/aromatic N) is 1. The van der Waals surface area contributed by atoms with Gasteiger partial charge in [0.2, 0.25) is 0 Å². The lowest BCUT2D eigenvalue weighted by molar-refractivity contribution is 0.0698. The number of hydrogen-bond acceptors (Lipinski definition) is 3. The van der Waals surface area contributed by atoms with Gasteiger partial charge in [-0.25, -0.2) is 4.79 Å². The first-order valence-electron chi connectivity index (χ1n) is 3.85. The zero-order valence-electron chi connectivity index (χ0n) is 7.33. The number of carboxylic acids is 1.